The molecule has 0 aliphatic rings. The first-order valence-corrected chi connectivity index (χ1v) is 13.4. The van der Waals surface area contributed by atoms with Gasteiger partial charge >= 0.3 is 0 Å². The van der Waals surface area contributed by atoms with Crippen LogP contribution in [0.25, 0.3) is 0 Å². The average Bonchev–Trinajstić information content (AvgIpc) is 2.69. The number of nitrogens with one attached hydrogen (secondary N) is 2. The fraction of sp³-hybridized carbons (Fsp3) is 1.00. The summed E-state index contributed by atoms with van der Waals surface area (Å²) in [6.07, 6.45) is 7.20. The van der Waals surface area contributed by atoms with E-state index in [9.17, 15) is 0 Å². The molecule has 0 saturated heterocycles. The largest absolute Gasteiger partial charge is 0.381 e. The van der Waals surface area contributed by atoms with Gasteiger partial charge in [-0.05, 0) is 74.9 Å². The average molecular weight is 459 g/mol. The molecule has 5 nitrogen and oxygen atoms in total. The quantitative estimate of drug-likeness (QED) is 0.186. The molecule has 5 heteroatoms. The fourth-order valence-electron chi connectivity index (χ4n) is 3.85. The first-order chi connectivity index (χ1) is 15.2. The third kappa shape index (κ3) is 24.4. The highest BCUT2D eigenvalue weighted by molar-refractivity contribution is 4.73. The van der Waals surface area contributed by atoms with Crippen molar-refractivity contribution in [2.75, 3.05) is 65.8 Å². The summed E-state index contributed by atoms with van der Waals surface area (Å²) in [6.45, 7) is 25.0. The SMILES string of the molecule is CC(C)CCOCCOCCNCC(C)CC(C)(C)CCCCOCCCNCC(C)C. The highest BCUT2D eigenvalue weighted by Crippen LogP contribution is 2.31. The summed E-state index contributed by atoms with van der Waals surface area (Å²) < 4.78 is 17.0. The highest BCUT2D eigenvalue weighted by Gasteiger charge is 2.20. The van der Waals surface area contributed by atoms with E-state index in [1.165, 1.54) is 25.7 Å². The Balaban J connectivity index is 3.49. The Hall–Kier alpha value is -0.200. The zero-order valence-electron chi connectivity index (χ0n) is 22.8. The van der Waals surface area contributed by atoms with Crippen molar-refractivity contribution < 1.29 is 14.2 Å². The van der Waals surface area contributed by atoms with Gasteiger partial charge in [0.05, 0.1) is 19.8 Å². The minimum absolute atomic E-state index is 0.395. The van der Waals surface area contributed by atoms with Crippen LogP contribution in [-0.2, 0) is 14.2 Å². The molecule has 0 saturated carbocycles. The normalized spacial score (nSPS) is 13.4. The van der Waals surface area contributed by atoms with Crippen molar-refractivity contribution in [3.63, 3.8) is 0 Å². The monoisotopic (exact) mass is 458 g/mol. The molecule has 0 aromatic carbocycles. The number of hydrogen-bond acceptors (Lipinski definition) is 5. The summed E-state index contributed by atoms with van der Waals surface area (Å²) >= 11 is 0. The van der Waals surface area contributed by atoms with Crippen molar-refractivity contribution in [1.29, 1.82) is 0 Å². The molecule has 32 heavy (non-hydrogen) atoms. The van der Waals surface area contributed by atoms with Crippen LogP contribution in [0.4, 0.5) is 0 Å². The zero-order valence-corrected chi connectivity index (χ0v) is 22.8. The predicted octanol–water partition coefficient (Wildman–Crippen LogP) is 5.53. The molecule has 1 unspecified atom stereocenters. The minimum atomic E-state index is 0.395. The summed E-state index contributed by atoms with van der Waals surface area (Å²) in [4.78, 5) is 0. The van der Waals surface area contributed by atoms with Gasteiger partial charge in [0.1, 0.15) is 0 Å². The van der Waals surface area contributed by atoms with Gasteiger partial charge in [0.25, 0.3) is 0 Å². The molecule has 194 valence electrons. The van der Waals surface area contributed by atoms with Crippen LogP contribution in [0.2, 0.25) is 0 Å². The lowest BCUT2D eigenvalue weighted by atomic mass is 9.79. The van der Waals surface area contributed by atoms with Gasteiger partial charge in [0.15, 0.2) is 0 Å². The Bertz CT molecular complexity index is 389. The van der Waals surface area contributed by atoms with E-state index < -0.39 is 0 Å². The first-order valence-electron chi connectivity index (χ1n) is 13.4. The third-order valence-corrected chi connectivity index (χ3v) is 5.62. The molecule has 0 spiro atoms. The number of ether oxygens (including phenoxy) is 3. The lowest BCUT2D eigenvalue weighted by Crippen LogP contribution is -2.28. The van der Waals surface area contributed by atoms with Crippen LogP contribution in [0.3, 0.4) is 0 Å². The summed E-state index contributed by atoms with van der Waals surface area (Å²) in [7, 11) is 0. The van der Waals surface area contributed by atoms with Crippen molar-refractivity contribution in [2.24, 2.45) is 23.2 Å². The Labute approximate surface area is 201 Å². The van der Waals surface area contributed by atoms with Gasteiger partial charge in [-0.1, -0.05) is 54.9 Å². The van der Waals surface area contributed by atoms with Gasteiger partial charge in [0.2, 0.25) is 0 Å². The maximum Gasteiger partial charge on any atom is 0.0701 e. The second-order valence-electron chi connectivity index (χ2n) is 11.1. The third-order valence-electron chi connectivity index (χ3n) is 5.62. The van der Waals surface area contributed by atoms with E-state index in [0.29, 0.717) is 30.5 Å². The van der Waals surface area contributed by atoms with E-state index in [-0.39, 0.29) is 0 Å². The highest BCUT2D eigenvalue weighted by atomic mass is 16.5. The van der Waals surface area contributed by atoms with E-state index in [4.69, 9.17) is 14.2 Å². The first kappa shape index (κ1) is 31.8. The fourth-order valence-corrected chi connectivity index (χ4v) is 3.85. The Morgan fingerprint density at radius 2 is 1.25 bits per heavy atom. The topological polar surface area (TPSA) is 51.8 Å². The van der Waals surface area contributed by atoms with Gasteiger partial charge in [-0.25, -0.2) is 0 Å². The maximum atomic E-state index is 5.79. The maximum absolute atomic E-state index is 5.79. The van der Waals surface area contributed by atoms with Crippen LogP contribution in [0, 0.1) is 23.2 Å². The van der Waals surface area contributed by atoms with E-state index >= 15 is 0 Å². The molecule has 2 N–H and O–H groups in total. The second kappa shape index (κ2) is 21.3. The molecule has 0 aliphatic carbocycles. The van der Waals surface area contributed by atoms with Gasteiger partial charge in [-0.3, -0.25) is 0 Å². The van der Waals surface area contributed by atoms with Crippen molar-refractivity contribution in [3.05, 3.63) is 0 Å². The van der Waals surface area contributed by atoms with Crippen LogP contribution in [0.1, 0.15) is 87.0 Å². The molecule has 0 aromatic rings. The molecule has 0 bridgehead atoms. The van der Waals surface area contributed by atoms with E-state index in [2.05, 4.69) is 59.1 Å². The van der Waals surface area contributed by atoms with Gasteiger partial charge in [-0.15, -0.1) is 0 Å². The molecular weight excluding hydrogens is 400 g/mol. The predicted molar refractivity (Wildman–Crippen MR) is 139 cm³/mol. The van der Waals surface area contributed by atoms with Crippen molar-refractivity contribution in [3.8, 4) is 0 Å². The Morgan fingerprint density at radius 1 is 0.625 bits per heavy atom. The molecule has 0 amide bonds. The van der Waals surface area contributed by atoms with Crippen LogP contribution in [-0.4, -0.2) is 65.8 Å². The van der Waals surface area contributed by atoms with Crippen LogP contribution < -0.4 is 10.6 Å². The summed E-state index contributed by atoms with van der Waals surface area (Å²) in [5.41, 5.74) is 0.395. The van der Waals surface area contributed by atoms with Gasteiger partial charge in [-0.2, -0.15) is 0 Å². The van der Waals surface area contributed by atoms with E-state index in [1.54, 1.807) is 0 Å². The molecule has 0 heterocycles. The summed E-state index contributed by atoms with van der Waals surface area (Å²) in [5.74, 6) is 2.11. The Kier molecular flexibility index (Phi) is 21.2. The lowest BCUT2D eigenvalue weighted by Gasteiger charge is -2.28. The van der Waals surface area contributed by atoms with Crippen LogP contribution in [0.5, 0.6) is 0 Å². The smallest absolute Gasteiger partial charge is 0.0701 e. The molecule has 0 rings (SSSR count). The van der Waals surface area contributed by atoms with Crippen molar-refractivity contribution in [1.82, 2.24) is 10.6 Å². The van der Waals surface area contributed by atoms with Gasteiger partial charge < -0.3 is 24.8 Å². The molecule has 0 aliphatic heterocycles. The number of unbranched alkanes of at least 4 members (excludes halogenated alkanes) is 1. The second-order valence-corrected chi connectivity index (χ2v) is 11.1. The zero-order chi connectivity index (χ0) is 24.1. The van der Waals surface area contributed by atoms with Gasteiger partial charge in [0, 0.05) is 26.4 Å². The summed E-state index contributed by atoms with van der Waals surface area (Å²) in [6, 6.07) is 0. The van der Waals surface area contributed by atoms with Crippen LogP contribution >= 0.6 is 0 Å². The molecule has 0 fully saturated rings. The summed E-state index contributed by atoms with van der Waals surface area (Å²) in [5, 5.41) is 7.01. The minimum Gasteiger partial charge on any atom is -0.381 e. The number of hydrogen-bond donors (Lipinski definition) is 2. The lowest BCUT2D eigenvalue weighted by molar-refractivity contribution is 0.0448. The molecule has 0 aromatic heterocycles. The molecule has 0 radical (unpaired) electrons. The van der Waals surface area contributed by atoms with Crippen molar-refractivity contribution >= 4 is 0 Å². The molecule has 1 atom stereocenters. The van der Waals surface area contributed by atoms with E-state index in [0.717, 1.165) is 71.4 Å². The van der Waals surface area contributed by atoms with Crippen molar-refractivity contribution in [2.45, 2.75) is 87.0 Å². The van der Waals surface area contributed by atoms with Crippen LogP contribution in [0.15, 0.2) is 0 Å². The van der Waals surface area contributed by atoms with E-state index in [1.807, 2.05) is 0 Å². The standard InChI is InChI=1S/C27H58N2O3/c1-24(2)11-17-31-19-20-32-18-14-29-23-26(5)21-27(6,7)12-8-9-15-30-16-10-13-28-22-25(3)4/h24-26,28-29H,8-23H2,1-7H3. The molecular formula is C27H58N2O3. The Morgan fingerprint density at radius 3 is 1.94 bits per heavy atom. The number of rotatable bonds is 24.